The number of ether oxygens (including phenoxy) is 1. The molecule has 0 saturated carbocycles. The maximum Gasteiger partial charge on any atom is 0.263 e. The molecule has 0 spiro atoms. The van der Waals surface area contributed by atoms with Gasteiger partial charge in [-0.25, -0.2) is 0 Å². The fraction of sp³-hybridized carbons (Fsp3) is 0.533. The van der Waals surface area contributed by atoms with Gasteiger partial charge < -0.3 is 15.4 Å². The molecule has 0 radical (unpaired) electrons. The van der Waals surface area contributed by atoms with Crippen molar-refractivity contribution < 1.29 is 9.53 Å². The van der Waals surface area contributed by atoms with Gasteiger partial charge in [0.1, 0.15) is 5.75 Å². The minimum Gasteiger partial charge on any atom is -0.481 e. The summed E-state index contributed by atoms with van der Waals surface area (Å²) in [7, 11) is 0. The lowest BCUT2D eigenvalue weighted by Crippen LogP contribution is -2.42. The third-order valence-corrected chi connectivity index (χ3v) is 3.97. The number of likely N-dealkylation sites (tertiary alicyclic amines) is 1. The maximum atomic E-state index is 12.4. The van der Waals surface area contributed by atoms with Crippen LogP contribution in [0.1, 0.15) is 20.3 Å². The molecule has 1 saturated heterocycles. The largest absolute Gasteiger partial charge is 0.481 e. The highest BCUT2D eigenvalue weighted by Gasteiger charge is 2.34. The Morgan fingerprint density at radius 3 is 2.86 bits per heavy atom. The number of carbonyl (C=O) groups is 1. The molecular formula is C15H22Cl2N2O2. The summed E-state index contributed by atoms with van der Waals surface area (Å²) in [6.07, 6.45) is 0.444. The van der Waals surface area contributed by atoms with E-state index in [1.165, 1.54) is 0 Å². The average molecular weight is 333 g/mol. The van der Waals surface area contributed by atoms with Crippen molar-refractivity contribution in [2.45, 2.75) is 32.4 Å². The van der Waals surface area contributed by atoms with Crippen LogP contribution in [0.2, 0.25) is 5.02 Å². The summed E-state index contributed by atoms with van der Waals surface area (Å²) in [4.78, 5) is 14.3. The molecule has 1 heterocycles. The Hall–Kier alpha value is -0.970. The van der Waals surface area contributed by atoms with Gasteiger partial charge in [0.05, 0.1) is 0 Å². The number of rotatable bonds is 4. The summed E-state index contributed by atoms with van der Waals surface area (Å²) in [5.41, 5.74) is 5.69. The zero-order chi connectivity index (χ0) is 14.7. The first-order valence-electron chi connectivity index (χ1n) is 6.94. The highest BCUT2D eigenvalue weighted by molar-refractivity contribution is 6.30. The van der Waals surface area contributed by atoms with Crippen LogP contribution in [0.15, 0.2) is 24.3 Å². The smallest absolute Gasteiger partial charge is 0.263 e. The minimum absolute atomic E-state index is 0. The molecule has 1 aliphatic heterocycles. The Morgan fingerprint density at radius 1 is 1.57 bits per heavy atom. The van der Waals surface area contributed by atoms with Crippen LogP contribution in [0.5, 0.6) is 5.75 Å². The molecule has 3 unspecified atom stereocenters. The first-order chi connectivity index (χ1) is 9.51. The van der Waals surface area contributed by atoms with E-state index in [1.54, 1.807) is 31.2 Å². The van der Waals surface area contributed by atoms with Crippen LogP contribution in [0.3, 0.4) is 0 Å². The third-order valence-electron chi connectivity index (χ3n) is 3.73. The number of nitrogens with two attached hydrogens (primary N) is 1. The van der Waals surface area contributed by atoms with Crippen LogP contribution in [0.4, 0.5) is 0 Å². The van der Waals surface area contributed by atoms with Gasteiger partial charge in [-0.05, 0) is 50.9 Å². The van der Waals surface area contributed by atoms with Gasteiger partial charge in [-0.1, -0.05) is 17.7 Å². The fourth-order valence-electron chi connectivity index (χ4n) is 2.65. The molecule has 4 nitrogen and oxygen atoms in total. The van der Waals surface area contributed by atoms with E-state index in [0.29, 0.717) is 23.2 Å². The van der Waals surface area contributed by atoms with Crippen molar-refractivity contribution in [3.63, 3.8) is 0 Å². The normalized spacial score (nSPS) is 22.6. The van der Waals surface area contributed by atoms with Gasteiger partial charge in [-0.2, -0.15) is 0 Å². The molecule has 1 aromatic rings. The molecule has 0 aliphatic carbocycles. The molecule has 1 aliphatic rings. The summed E-state index contributed by atoms with van der Waals surface area (Å²) < 4.78 is 5.68. The molecule has 1 amide bonds. The van der Waals surface area contributed by atoms with Crippen LogP contribution < -0.4 is 10.5 Å². The van der Waals surface area contributed by atoms with Crippen LogP contribution >= 0.6 is 24.0 Å². The van der Waals surface area contributed by atoms with Gasteiger partial charge in [-0.15, -0.1) is 12.4 Å². The minimum atomic E-state index is -0.521. The molecule has 118 valence electrons. The molecule has 3 atom stereocenters. The highest BCUT2D eigenvalue weighted by Crippen LogP contribution is 2.24. The van der Waals surface area contributed by atoms with Crippen LogP contribution in [0, 0.1) is 5.92 Å². The third kappa shape index (κ3) is 4.50. The summed E-state index contributed by atoms with van der Waals surface area (Å²) in [6, 6.07) is 7.31. The van der Waals surface area contributed by atoms with Crippen molar-refractivity contribution in [2.75, 3.05) is 13.1 Å². The van der Waals surface area contributed by atoms with Crippen LogP contribution in [-0.2, 0) is 4.79 Å². The van der Waals surface area contributed by atoms with Crippen LogP contribution in [0.25, 0.3) is 0 Å². The second-order valence-electron chi connectivity index (χ2n) is 5.39. The molecule has 1 aromatic carbocycles. The number of halogens is 2. The predicted octanol–water partition coefficient (Wildman–Crippen LogP) is 2.72. The monoisotopic (exact) mass is 332 g/mol. The first kappa shape index (κ1) is 18.1. The van der Waals surface area contributed by atoms with E-state index < -0.39 is 6.10 Å². The Bertz CT molecular complexity index is 484. The molecule has 6 heteroatoms. The lowest BCUT2D eigenvalue weighted by molar-refractivity contribution is -0.138. The number of carbonyl (C=O) groups excluding carboxylic acids is 1. The van der Waals surface area contributed by atoms with E-state index in [2.05, 4.69) is 6.92 Å². The summed E-state index contributed by atoms with van der Waals surface area (Å²) >= 11 is 5.91. The number of benzene rings is 1. The van der Waals surface area contributed by atoms with Crippen molar-refractivity contribution >= 4 is 29.9 Å². The average Bonchev–Trinajstić information content (AvgIpc) is 2.79. The van der Waals surface area contributed by atoms with E-state index in [0.717, 1.165) is 13.0 Å². The molecule has 2 rings (SSSR count). The van der Waals surface area contributed by atoms with Crippen molar-refractivity contribution in [2.24, 2.45) is 11.7 Å². The first-order valence-corrected chi connectivity index (χ1v) is 7.31. The standard InChI is InChI=1S/C15H21ClN2O2.ClH/c1-10-6-12(8-17)9-18(10)15(19)11(2)20-14-5-3-4-13(16)7-14;/h3-5,7,10-12H,6,8-9,17H2,1-2H3;1H. The lowest BCUT2D eigenvalue weighted by atomic mass is 10.1. The quantitative estimate of drug-likeness (QED) is 0.922. The van der Waals surface area contributed by atoms with Gasteiger partial charge in [0.15, 0.2) is 6.10 Å². The number of amides is 1. The molecule has 1 fully saturated rings. The van der Waals surface area contributed by atoms with Crippen molar-refractivity contribution in [3.8, 4) is 5.75 Å². The number of hydrogen-bond acceptors (Lipinski definition) is 3. The van der Waals surface area contributed by atoms with Crippen LogP contribution in [-0.4, -0.2) is 36.0 Å². The fourth-order valence-corrected chi connectivity index (χ4v) is 2.83. The highest BCUT2D eigenvalue weighted by atomic mass is 35.5. The van der Waals surface area contributed by atoms with E-state index >= 15 is 0 Å². The van der Waals surface area contributed by atoms with Crippen molar-refractivity contribution in [3.05, 3.63) is 29.3 Å². The Kier molecular flexibility index (Phi) is 6.78. The second kappa shape index (κ2) is 7.87. The SMILES string of the molecule is CC(Oc1cccc(Cl)c1)C(=O)N1CC(CN)CC1C.Cl. The Morgan fingerprint density at radius 2 is 2.29 bits per heavy atom. The number of hydrogen-bond donors (Lipinski definition) is 1. The predicted molar refractivity (Wildman–Crippen MR) is 87.1 cm³/mol. The van der Waals surface area contributed by atoms with E-state index in [-0.39, 0.29) is 24.4 Å². The van der Waals surface area contributed by atoms with Gasteiger partial charge in [-0.3, -0.25) is 4.79 Å². The Balaban J connectivity index is 0.00000220. The topological polar surface area (TPSA) is 55.6 Å². The zero-order valence-corrected chi connectivity index (χ0v) is 13.9. The summed E-state index contributed by atoms with van der Waals surface area (Å²) in [5, 5.41) is 0.597. The zero-order valence-electron chi connectivity index (χ0n) is 12.3. The van der Waals surface area contributed by atoms with Gasteiger partial charge >= 0.3 is 0 Å². The van der Waals surface area contributed by atoms with E-state index in [4.69, 9.17) is 22.1 Å². The maximum absolute atomic E-state index is 12.4. The molecular weight excluding hydrogens is 311 g/mol. The molecule has 0 bridgehead atoms. The van der Waals surface area contributed by atoms with Crippen molar-refractivity contribution in [1.29, 1.82) is 0 Å². The van der Waals surface area contributed by atoms with Gasteiger partial charge in [0, 0.05) is 17.6 Å². The summed E-state index contributed by atoms with van der Waals surface area (Å²) in [6.45, 7) is 5.17. The van der Waals surface area contributed by atoms with E-state index in [9.17, 15) is 4.79 Å². The lowest BCUT2D eigenvalue weighted by Gasteiger charge is -2.25. The van der Waals surface area contributed by atoms with Gasteiger partial charge in [0.2, 0.25) is 0 Å². The molecule has 0 aromatic heterocycles. The molecule has 21 heavy (non-hydrogen) atoms. The van der Waals surface area contributed by atoms with Gasteiger partial charge in [0.25, 0.3) is 5.91 Å². The summed E-state index contributed by atoms with van der Waals surface area (Å²) in [5.74, 6) is 1.02. The van der Waals surface area contributed by atoms with Crippen molar-refractivity contribution in [1.82, 2.24) is 4.90 Å². The van der Waals surface area contributed by atoms with E-state index in [1.807, 2.05) is 4.90 Å². The number of nitrogens with zero attached hydrogens (tertiary/aromatic N) is 1. The molecule has 2 N–H and O–H groups in total. The second-order valence-corrected chi connectivity index (χ2v) is 5.83. The Labute approximate surface area is 137 Å².